The van der Waals surface area contributed by atoms with E-state index in [0.29, 0.717) is 0 Å². The molecule has 74 valence electrons. The molecular weight excluding hydrogens is 199 g/mol. The first-order chi connectivity index (χ1) is 7.45. The normalized spacial score (nSPS) is 25.2. The Labute approximate surface area is 92.5 Å². The molecule has 0 saturated heterocycles. The predicted octanol–water partition coefficient (Wildman–Crippen LogP) is 3.56. The summed E-state index contributed by atoms with van der Waals surface area (Å²) in [5.41, 5.74) is 0. The van der Waals surface area contributed by atoms with Crippen LogP contribution >= 0.6 is 8.58 Å². The Bertz CT molecular complexity index is 422. The fourth-order valence-corrected chi connectivity index (χ4v) is 2.39. The van der Waals surface area contributed by atoms with Crippen molar-refractivity contribution in [3.05, 3.63) is 78.2 Å². The van der Waals surface area contributed by atoms with E-state index < -0.39 is 0 Å². The molecule has 0 saturated carbocycles. The van der Waals surface area contributed by atoms with Crippen molar-refractivity contribution >= 4 is 13.9 Å². The Morgan fingerprint density at radius 2 is 1.47 bits per heavy atom. The third kappa shape index (κ3) is 3.34. The summed E-state index contributed by atoms with van der Waals surface area (Å²) >= 11 is 0. The minimum Gasteiger partial charge on any atom is -0.0623 e. The first kappa shape index (κ1) is 10.1. The maximum Gasteiger partial charge on any atom is -0.0226 e. The van der Waals surface area contributed by atoms with Gasteiger partial charge in [-0.15, -0.1) is 0 Å². The van der Waals surface area contributed by atoms with Crippen LogP contribution in [0.25, 0.3) is 0 Å². The molecule has 15 heavy (non-hydrogen) atoms. The molecule has 0 heterocycles. The zero-order chi connectivity index (χ0) is 10.3. The van der Waals surface area contributed by atoms with Crippen LogP contribution in [0.5, 0.6) is 0 Å². The second kappa shape index (κ2) is 5.48. The average Bonchev–Trinajstić information content (AvgIpc) is 2.23. The molecular formula is C14H13P. The van der Waals surface area contributed by atoms with Crippen LogP contribution in [0.1, 0.15) is 0 Å². The van der Waals surface area contributed by atoms with Gasteiger partial charge in [-0.3, -0.25) is 0 Å². The van der Waals surface area contributed by atoms with Crippen LogP contribution < -0.4 is 5.30 Å². The third-order valence-corrected chi connectivity index (χ3v) is 3.30. The molecule has 0 radical (unpaired) electrons. The van der Waals surface area contributed by atoms with Crippen molar-refractivity contribution in [3.8, 4) is 0 Å². The Hall–Kier alpha value is -1.39. The summed E-state index contributed by atoms with van der Waals surface area (Å²) in [6.45, 7) is 0. The van der Waals surface area contributed by atoms with E-state index in [1.165, 1.54) is 10.6 Å². The van der Waals surface area contributed by atoms with Gasteiger partial charge in [0.25, 0.3) is 0 Å². The molecule has 2 rings (SSSR count). The quantitative estimate of drug-likeness (QED) is 0.657. The van der Waals surface area contributed by atoms with Crippen molar-refractivity contribution in [3.63, 3.8) is 0 Å². The van der Waals surface area contributed by atoms with E-state index in [-0.39, 0.29) is 0 Å². The summed E-state index contributed by atoms with van der Waals surface area (Å²) in [6, 6.07) is 10.6. The molecule has 0 aliphatic heterocycles. The van der Waals surface area contributed by atoms with E-state index in [1.807, 2.05) is 6.08 Å². The zero-order valence-electron chi connectivity index (χ0n) is 8.43. The van der Waals surface area contributed by atoms with Crippen LogP contribution in [0.4, 0.5) is 0 Å². The molecule has 1 aliphatic carbocycles. The van der Waals surface area contributed by atoms with Gasteiger partial charge in [-0.2, -0.15) is 0 Å². The van der Waals surface area contributed by atoms with Gasteiger partial charge in [0, 0.05) is 0 Å². The maximum atomic E-state index is 2.17. The first-order valence-electron chi connectivity index (χ1n) is 4.99. The standard InChI is InChI=1S/C14H13P/c1-2-5-9-13(10-6-3-1)15-14-11-7-4-8-12-14/h1-12,15H/b2-1+,3-1?,5-2?,6-3-,9-5-,10-6?,13-9?,13-10-. The van der Waals surface area contributed by atoms with Crippen LogP contribution in [0.3, 0.4) is 0 Å². The lowest BCUT2D eigenvalue weighted by Crippen LogP contribution is -1.91. The van der Waals surface area contributed by atoms with Crippen LogP contribution in [-0.2, 0) is 0 Å². The summed E-state index contributed by atoms with van der Waals surface area (Å²) in [5, 5.41) is 2.74. The fraction of sp³-hybridized carbons (Fsp3) is 0. The highest BCUT2D eigenvalue weighted by Crippen LogP contribution is 2.24. The smallest absolute Gasteiger partial charge is 0.0226 e. The molecule has 0 nitrogen and oxygen atoms in total. The number of allylic oxidation sites excluding steroid dienone is 8. The van der Waals surface area contributed by atoms with Gasteiger partial charge < -0.3 is 0 Å². The summed E-state index contributed by atoms with van der Waals surface area (Å²) in [7, 11) is 0.735. The van der Waals surface area contributed by atoms with E-state index in [4.69, 9.17) is 0 Å². The van der Waals surface area contributed by atoms with E-state index >= 15 is 0 Å². The van der Waals surface area contributed by atoms with Gasteiger partial charge in [0.05, 0.1) is 0 Å². The Balaban J connectivity index is 2.12. The molecule has 1 atom stereocenters. The molecule has 1 aromatic rings. The second-order valence-electron chi connectivity index (χ2n) is 3.24. The van der Waals surface area contributed by atoms with Gasteiger partial charge in [-0.1, -0.05) is 81.4 Å². The molecule has 0 aromatic heterocycles. The minimum atomic E-state index is 0.735. The van der Waals surface area contributed by atoms with Gasteiger partial charge in [0.15, 0.2) is 0 Å². The molecule has 1 heteroatoms. The Kier molecular flexibility index (Phi) is 3.70. The van der Waals surface area contributed by atoms with Crippen molar-refractivity contribution in [1.29, 1.82) is 0 Å². The van der Waals surface area contributed by atoms with Crippen LogP contribution in [0.15, 0.2) is 78.2 Å². The van der Waals surface area contributed by atoms with E-state index in [0.717, 1.165) is 8.58 Å². The van der Waals surface area contributed by atoms with Crippen LogP contribution in [0, 0.1) is 0 Å². The van der Waals surface area contributed by atoms with E-state index in [2.05, 4.69) is 66.8 Å². The van der Waals surface area contributed by atoms with Crippen molar-refractivity contribution < 1.29 is 0 Å². The molecule has 1 unspecified atom stereocenters. The summed E-state index contributed by atoms with van der Waals surface area (Å²) in [4.78, 5) is 0. The van der Waals surface area contributed by atoms with Crippen LogP contribution in [0.2, 0.25) is 0 Å². The Morgan fingerprint density at radius 3 is 2.33 bits per heavy atom. The zero-order valence-corrected chi connectivity index (χ0v) is 9.43. The Morgan fingerprint density at radius 1 is 0.733 bits per heavy atom. The van der Waals surface area contributed by atoms with Gasteiger partial charge in [0.1, 0.15) is 0 Å². The maximum absolute atomic E-state index is 2.17. The number of rotatable bonds is 2. The van der Waals surface area contributed by atoms with Crippen molar-refractivity contribution in [1.82, 2.24) is 0 Å². The number of benzene rings is 1. The predicted molar refractivity (Wildman–Crippen MR) is 69.9 cm³/mol. The summed E-state index contributed by atoms with van der Waals surface area (Å²) < 4.78 is 0. The number of hydrogen-bond donors (Lipinski definition) is 0. The molecule has 1 aromatic carbocycles. The van der Waals surface area contributed by atoms with E-state index in [9.17, 15) is 0 Å². The van der Waals surface area contributed by atoms with Crippen molar-refractivity contribution in [2.24, 2.45) is 0 Å². The van der Waals surface area contributed by atoms with Gasteiger partial charge >= 0.3 is 0 Å². The third-order valence-electron chi connectivity index (χ3n) is 2.06. The molecule has 0 spiro atoms. The lowest BCUT2D eigenvalue weighted by atomic mass is 10.3. The monoisotopic (exact) mass is 212 g/mol. The molecule has 0 fully saturated rings. The van der Waals surface area contributed by atoms with Crippen LogP contribution in [-0.4, -0.2) is 0 Å². The molecule has 0 bridgehead atoms. The molecule has 1 aliphatic rings. The molecule has 0 amide bonds. The SMILES string of the molecule is C1=C\C=C\C=C/C(Pc2ccccc2)=C/1. The summed E-state index contributed by atoms with van der Waals surface area (Å²) in [5.74, 6) is 0. The van der Waals surface area contributed by atoms with Gasteiger partial charge in [-0.25, -0.2) is 0 Å². The van der Waals surface area contributed by atoms with Crippen molar-refractivity contribution in [2.75, 3.05) is 0 Å². The fourth-order valence-electron chi connectivity index (χ4n) is 1.34. The van der Waals surface area contributed by atoms with E-state index in [1.54, 1.807) is 0 Å². The van der Waals surface area contributed by atoms with Gasteiger partial charge in [-0.05, 0) is 10.6 Å². The topological polar surface area (TPSA) is 0 Å². The highest BCUT2D eigenvalue weighted by molar-refractivity contribution is 7.52. The number of hydrogen-bond acceptors (Lipinski definition) is 0. The first-order valence-corrected chi connectivity index (χ1v) is 5.99. The highest BCUT2D eigenvalue weighted by atomic mass is 31.1. The lowest BCUT2D eigenvalue weighted by molar-refractivity contribution is 1.75. The van der Waals surface area contributed by atoms with Crippen molar-refractivity contribution in [2.45, 2.75) is 0 Å². The van der Waals surface area contributed by atoms with Gasteiger partial charge in [0.2, 0.25) is 0 Å². The second-order valence-corrected chi connectivity index (χ2v) is 4.65. The highest BCUT2D eigenvalue weighted by Gasteiger charge is 1.94. The average molecular weight is 212 g/mol. The minimum absolute atomic E-state index is 0.735. The molecule has 0 N–H and O–H groups in total. The summed E-state index contributed by atoms with van der Waals surface area (Å²) in [6.07, 6.45) is 14.7. The lowest BCUT2D eigenvalue weighted by Gasteiger charge is -2.02. The largest absolute Gasteiger partial charge is 0.0623 e.